The van der Waals surface area contributed by atoms with Crippen LogP contribution >= 0.6 is 0 Å². The van der Waals surface area contributed by atoms with Gasteiger partial charge in [-0.3, -0.25) is 9.59 Å². The van der Waals surface area contributed by atoms with E-state index in [-0.39, 0.29) is 17.7 Å². The summed E-state index contributed by atoms with van der Waals surface area (Å²) in [6, 6.07) is 9.29. The molecule has 0 bridgehead atoms. The Morgan fingerprint density at radius 1 is 1.16 bits per heavy atom. The zero-order chi connectivity index (χ0) is 17.7. The van der Waals surface area contributed by atoms with Gasteiger partial charge in [0, 0.05) is 37.5 Å². The first-order chi connectivity index (χ1) is 12.1. The number of carbonyl (C=O) groups is 2. The second-order valence-electron chi connectivity index (χ2n) is 6.80. The largest absolute Gasteiger partial charge is 0.356 e. The van der Waals surface area contributed by atoms with E-state index in [2.05, 4.69) is 5.32 Å². The second-order valence-corrected chi connectivity index (χ2v) is 6.80. The Kier molecular flexibility index (Phi) is 5.71. The molecule has 1 aromatic carbocycles. The van der Waals surface area contributed by atoms with Crippen molar-refractivity contribution in [1.82, 2.24) is 10.2 Å². The highest BCUT2D eigenvalue weighted by molar-refractivity contribution is 5.94. The molecule has 0 atom stereocenters. The molecule has 6 heteroatoms. The molecule has 6 nitrogen and oxygen atoms in total. The van der Waals surface area contributed by atoms with Crippen LogP contribution in [0.15, 0.2) is 30.3 Å². The van der Waals surface area contributed by atoms with Crippen LogP contribution in [0.4, 0.5) is 0 Å². The number of nitrogens with zero attached hydrogens (tertiary/aromatic N) is 1. The molecule has 0 unspecified atom stereocenters. The first-order valence-electron chi connectivity index (χ1n) is 8.97. The number of ether oxygens (including phenoxy) is 2. The predicted octanol–water partition coefficient (Wildman–Crippen LogP) is 1.81. The van der Waals surface area contributed by atoms with Crippen molar-refractivity contribution in [2.75, 3.05) is 32.8 Å². The fourth-order valence-electron chi connectivity index (χ4n) is 3.37. The molecule has 2 aliphatic heterocycles. The summed E-state index contributed by atoms with van der Waals surface area (Å²) >= 11 is 0. The first kappa shape index (κ1) is 17.9. The molecule has 1 N–H and O–H groups in total. The minimum Gasteiger partial charge on any atom is -0.356 e. The van der Waals surface area contributed by atoms with E-state index in [0.717, 1.165) is 0 Å². The van der Waals surface area contributed by atoms with Crippen LogP contribution < -0.4 is 5.32 Å². The maximum Gasteiger partial charge on any atom is 0.253 e. The molecule has 2 saturated heterocycles. The van der Waals surface area contributed by atoms with Crippen molar-refractivity contribution < 1.29 is 19.1 Å². The molecule has 2 aliphatic rings. The van der Waals surface area contributed by atoms with E-state index in [1.165, 1.54) is 0 Å². The molecule has 0 spiro atoms. The third-order valence-corrected chi connectivity index (χ3v) is 4.95. The molecule has 2 fully saturated rings. The van der Waals surface area contributed by atoms with Gasteiger partial charge in [-0.15, -0.1) is 0 Å². The van der Waals surface area contributed by atoms with Crippen LogP contribution in [-0.2, 0) is 14.3 Å². The molecule has 25 heavy (non-hydrogen) atoms. The number of piperidine rings is 1. The highest BCUT2D eigenvalue weighted by atomic mass is 16.7. The number of carbonyl (C=O) groups excluding carboxylic acids is 2. The number of hydrogen-bond acceptors (Lipinski definition) is 4. The van der Waals surface area contributed by atoms with Crippen molar-refractivity contribution in [3.8, 4) is 0 Å². The third-order valence-electron chi connectivity index (χ3n) is 4.95. The highest BCUT2D eigenvalue weighted by Gasteiger charge is 2.31. The molecular formula is C19H26N2O4. The standard InChI is InChI=1S/C19H26N2O4/c1-19(24-13-14-25-19)9-10-20-17(22)15-7-11-21(12-8-15)18(23)16-5-3-2-4-6-16/h2-6,15H,7-14H2,1H3,(H,20,22). The SMILES string of the molecule is CC1(CCNC(=O)C2CCN(C(=O)c3ccccc3)CC2)OCCO1. The van der Waals surface area contributed by atoms with Gasteiger partial charge in [0.25, 0.3) is 5.91 Å². The van der Waals surface area contributed by atoms with E-state index in [1.807, 2.05) is 42.2 Å². The summed E-state index contributed by atoms with van der Waals surface area (Å²) in [5.74, 6) is -0.493. The average molecular weight is 346 g/mol. The first-order valence-corrected chi connectivity index (χ1v) is 8.97. The number of amides is 2. The van der Waals surface area contributed by atoms with Crippen molar-refractivity contribution >= 4 is 11.8 Å². The van der Waals surface area contributed by atoms with Gasteiger partial charge in [-0.2, -0.15) is 0 Å². The van der Waals surface area contributed by atoms with E-state index in [9.17, 15) is 9.59 Å². The normalized spacial score (nSPS) is 20.4. The lowest BCUT2D eigenvalue weighted by molar-refractivity contribution is -0.147. The van der Waals surface area contributed by atoms with Crippen LogP contribution in [0.5, 0.6) is 0 Å². The Balaban J connectivity index is 1.41. The fraction of sp³-hybridized carbons (Fsp3) is 0.579. The van der Waals surface area contributed by atoms with Gasteiger partial charge in [0.15, 0.2) is 5.79 Å². The summed E-state index contributed by atoms with van der Waals surface area (Å²) < 4.78 is 11.1. The summed E-state index contributed by atoms with van der Waals surface area (Å²) in [6.45, 7) is 4.90. The van der Waals surface area contributed by atoms with E-state index in [4.69, 9.17) is 9.47 Å². The number of hydrogen-bond donors (Lipinski definition) is 1. The summed E-state index contributed by atoms with van der Waals surface area (Å²) in [4.78, 5) is 26.6. The number of benzene rings is 1. The van der Waals surface area contributed by atoms with Crippen LogP contribution in [-0.4, -0.2) is 55.3 Å². The van der Waals surface area contributed by atoms with Crippen molar-refractivity contribution in [3.05, 3.63) is 35.9 Å². The van der Waals surface area contributed by atoms with Gasteiger partial charge in [-0.1, -0.05) is 18.2 Å². The minimum absolute atomic E-state index is 0.0296. The molecule has 0 aliphatic carbocycles. The summed E-state index contributed by atoms with van der Waals surface area (Å²) in [7, 11) is 0. The van der Waals surface area contributed by atoms with Crippen LogP contribution in [0.3, 0.4) is 0 Å². The summed E-state index contributed by atoms with van der Waals surface area (Å²) in [5.41, 5.74) is 0.704. The Bertz CT molecular complexity index is 591. The van der Waals surface area contributed by atoms with Gasteiger partial charge in [-0.25, -0.2) is 0 Å². The van der Waals surface area contributed by atoms with Crippen LogP contribution in [0.2, 0.25) is 0 Å². The molecule has 0 radical (unpaired) electrons. The van der Waals surface area contributed by atoms with Crippen LogP contribution in [0, 0.1) is 5.92 Å². The zero-order valence-electron chi connectivity index (χ0n) is 14.7. The molecule has 1 aromatic rings. The quantitative estimate of drug-likeness (QED) is 0.883. The molecule has 2 heterocycles. The number of rotatable bonds is 5. The Morgan fingerprint density at radius 2 is 1.80 bits per heavy atom. The molecule has 136 valence electrons. The Morgan fingerprint density at radius 3 is 2.44 bits per heavy atom. The fourth-order valence-corrected chi connectivity index (χ4v) is 3.37. The lowest BCUT2D eigenvalue weighted by Gasteiger charge is -2.31. The molecule has 0 aromatic heterocycles. The maximum absolute atomic E-state index is 12.4. The topological polar surface area (TPSA) is 67.9 Å². The lowest BCUT2D eigenvalue weighted by Crippen LogP contribution is -2.43. The predicted molar refractivity (Wildman–Crippen MR) is 93.0 cm³/mol. The maximum atomic E-state index is 12.4. The molecular weight excluding hydrogens is 320 g/mol. The highest BCUT2D eigenvalue weighted by Crippen LogP contribution is 2.22. The summed E-state index contributed by atoms with van der Waals surface area (Å²) in [5, 5.41) is 2.98. The van der Waals surface area contributed by atoms with E-state index in [1.54, 1.807) is 0 Å². The minimum atomic E-state index is -0.571. The van der Waals surface area contributed by atoms with Crippen molar-refractivity contribution in [2.24, 2.45) is 5.92 Å². The average Bonchev–Trinajstić information content (AvgIpc) is 3.08. The third kappa shape index (κ3) is 4.58. The molecule has 0 saturated carbocycles. The summed E-state index contributed by atoms with van der Waals surface area (Å²) in [6.07, 6.45) is 2.05. The van der Waals surface area contributed by atoms with Gasteiger partial charge in [-0.05, 0) is 31.9 Å². The van der Waals surface area contributed by atoms with E-state index < -0.39 is 5.79 Å². The molecule has 2 amide bonds. The monoisotopic (exact) mass is 346 g/mol. The van der Waals surface area contributed by atoms with Crippen molar-refractivity contribution in [2.45, 2.75) is 32.0 Å². The van der Waals surface area contributed by atoms with Crippen molar-refractivity contribution in [1.29, 1.82) is 0 Å². The zero-order valence-corrected chi connectivity index (χ0v) is 14.7. The Hall–Kier alpha value is -1.92. The van der Waals surface area contributed by atoms with Gasteiger partial charge >= 0.3 is 0 Å². The second kappa shape index (κ2) is 7.97. The van der Waals surface area contributed by atoms with E-state index in [0.29, 0.717) is 57.7 Å². The van der Waals surface area contributed by atoms with Gasteiger partial charge in [0.05, 0.1) is 13.2 Å². The van der Waals surface area contributed by atoms with Crippen molar-refractivity contribution in [3.63, 3.8) is 0 Å². The molecule has 3 rings (SSSR count). The van der Waals surface area contributed by atoms with Crippen LogP contribution in [0.1, 0.15) is 36.5 Å². The Labute approximate surface area is 148 Å². The smallest absolute Gasteiger partial charge is 0.253 e. The van der Waals surface area contributed by atoms with Gasteiger partial charge in [0.1, 0.15) is 0 Å². The number of nitrogens with one attached hydrogen (secondary N) is 1. The number of likely N-dealkylation sites (tertiary alicyclic amines) is 1. The van der Waals surface area contributed by atoms with Crippen LogP contribution in [0.25, 0.3) is 0 Å². The lowest BCUT2D eigenvalue weighted by atomic mass is 9.95. The van der Waals surface area contributed by atoms with E-state index >= 15 is 0 Å². The van der Waals surface area contributed by atoms with Gasteiger partial charge in [0.2, 0.25) is 5.91 Å². The van der Waals surface area contributed by atoms with Gasteiger partial charge < -0.3 is 19.7 Å².